The normalized spacial score (nSPS) is 17.6. The van der Waals surface area contributed by atoms with Crippen molar-refractivity contribution in [2.45, 2.75) is 31.6 Å². The highest BCUT2D eigenvalue weighted by atomic mass is 79.9. The lowest BCUT2D eigenvalue weighted by molar-refractivity contribution is -0.123. The molecule has 0 aromatic heterocycles. The third kappa shape index (κ3) is 2.76. The van der Waals surface area contributed by atoms with Gasteiger partial charge in [0.05, 0.1) is 6.07 Å². The van der Waals surface area contributed by atoms with Gasteiger partial charge in [-0.1, -0.05) is 40.9 Å². The van der Waals surface area contributed by atoms with Crippen LogP contribution < -0.4 is 0 Å². The highest BCUT2D eigenvalue weighted by molar-refractivity contribution is 9.10. The quantitative estimate of drug-likeness (QED) is 0.849. The van der Waals surface area contributed by atoms with Gasteiger partial charge in [-0.2, -0.15) is 5.26 Å². The van der Waals surface area contributed by atoms with E-state index < -0.39 is 5.92 Å². The molecule has 0 aliphatic heterocycles. The van der Waals surface area contributed by atoms with Crippen LogP contribution in [-0.2, 0) is 4.79 Å². The van der Waals surface area contributed by atoms with Crippen LogP contribution in [0.25, 0.3) is 0 Å². The summed E-state index contributed by atoms with van der Waals surface area (Å²) in [6.45, 7) is 0. The fraction of sp³-hybridized carbons (Fsp3) is 0.429. The third-order valence-electron chi connectivity index (χ3n) is 3.35. The molecule has 88 valence electrons. The average molecular weight is 292 g/mol. The number of nitrogens with zero attached hydrogens (tertiary/aromatic N) is 1. The molecule has 0 radical (unpaired) electrons. The molecule has 0 bridgehead atoms. The molecule has 0 saturated heterocycles. The number of hydrogen-bond acceptors (Lipinski definition) is 2. The standard InChI is InChI=1S/C14H14BrNO/c15-12-7-3-6-11(8-12)13(9-16)14(17)10-4-1-2-5-10/h3,6-8,10,13H,1-2,4-5H2. The van der Waals surface area contributed by atoms with Crippen LogP contribution in [-0.4, -0.2) is 5.78 Å². The van der Waals surface area contributed by atoms with Gasteiger partial charge < -0.3 is 0 Å². The fourth-order valence-electron chi connectivity index (χ4n) is 2.43. The molecule has 1 aliphatic rings. The van der Waals surface area contributed by atoms with Crippen LogP contribution in [0, 0.1) is 17.2 Å². The van der Waals surface area contributed by atoms with Gasteiger partial charge in [0.25, 0.3) is 0 Å². The van der Waals surface area contributed by atoms with E-state index >= 15 is 0 Å². The van der Waals surface area contributed by atoms with Crippen LogP contribution in [0.15, 0.2) is 28.7 Å². The maximum Gasteiger partial charge on any atom is 0.157 e. The van der Waals surface area contributed by atoms with Crippen molar-refractivity contribution in [2.75, 3.05) is 0 Å². The van der Waals surface area contributed by atoms with Crippen molar-refractivity contribution < 1.29 is 4.79 Å². The summed E-state index contributed by atoms with van der Waals surface area (Å²) < 4.78 is 0.912. The smallest absolute Gasteiger partial charge is 0.157 e. The van der Waals surface area contributed by atoms with Crippen molar-refractivity contribution >= 4 is 21.7 Å². The predicted octanol–water partition coefficient (Wildman–Crippen LogP) is 3.82. The molecule has 1 aromatic carbocycles. The van der Waals surface area contributed by atoms with Gasteiger partial charge in [-0.15, -0.1) is 0 Å². The van der Waals surface area contributed by atoms with Crippen molar-refractivity contribution in [1.29, 1.82) is 5.26 Å². The van der Waals surface area contributed by atoms with Crippen LogP contribution in [0.5, 0.6) is 0 Å². The molecular weight excluding hydrogens is 278 g/mol. The number of nitriles is 1. The zero-order valence-corrected chi connectivity index (χ0v) is 11.1. The van der Waals surface area contributed by atoms with Crippen molar-refractivity contribution in [3.05, 3.63) is 34.3 Å². The first-order valence-corrected chi connectivity index (χ1v) is 6.70. The fourth-order valence-corrected chi connectivity index (χ4v) is 2.85. The van der Waals surface area contributed by atoms with Gasteiger partial charge in [0.1, 0.15) is 5.92 Å². The predicted molar refractivity (Wildman–Crippen MR) is 69.5 cm³/mol. The van der Waals surface area contributed by atoms with Gasteiger partial charge in [-0.3, -0.25) is 4.79 Å². The molecule has 2 nitrogen and oxygen atoms in total. The average Bonchev–Trinajstić information content (AvgIpc) is 2.83. The summed E-state index contributed by atoms with van der Waals surface area (Å²) in [5.41, 5.74) is 0.804. The van der Waals surface area contributed by atoms with Gasteiger partial charge in [-0.05, 0) is 30.5 Å². The first-order valence-electron chi connectivity index (χ1n) is 5.91. The van der Waals surface area contributed by atoms with Gasteiger partial charge in [0, 0.05) is 10.4 Å². The van der Waals surface area contributed by atoms with E-state index in [4.69, 9.17) is 0 Å². The summed E-state index contributed by atoms with van der Waals surface area (Å²) in [5.74, 6) is -0.405. The zero-order chi connectivity index (χ0) is 12.3. The van der Waals surface area contributed by atoms with Crippen molar-refractivity contribution in [1.82, 2.24) is 0 Å². The molecule has 1 aromatic rings. The maximum absolute atomic E-state index is 12.3. The minimum Gasteiger partial charge on any atom is -0.298 e. The monoisotopic (exact) mass is 291 g/mol. The van der Waals surface area contributed by atoms with E-state index in [1.807, 2.05) is 24.3 Å². The summed E-state index contributed by atoms with van der Waals surface area (Å²) in [5, 5.41) is 9.21. The van der Waals surface area contributed by atoms with E-state index in [2.05, 4.69) is 22.0 Å². The Morgan fingerprint density at radius 3 is 2.71 bits per heavy atom. The van der Waals surface area contributed by atoms with Crippen LogP contribution in [0.3, 0.4) is 0 Å². The van der Waals surface area contributed by atoms with E-state index in [0.717, 1.165) is 35.7 Å². The Bertz CT molecular complexity index is 458. The summed E-state index contributed by atoms with van der Waals surface area (Å²) in [4.78, 5) is 12.3. The maximum atomic E-state index is 12.3. The van der Waals surface area contributed by atoms with Crippen molar-refractivity contribution in [3.63, 3.8) is 0 Å². The Morgan fingerprint density at radius 2 is 2.12 bits per heavy atom. The number of Topliss-reactive ketones (excluding diaryl/α,β-unsaturated/α-hetero) is 1. The second-order valence-corrected chi connectivity index (χ2v) is 5.42. The Labute approximate surface area is 110 Å². The number of hydrogen-bond donors (Lipinski definition) is 0. The topological polar surface area (TPSA) is 40.9 Å². The van der Waals surface area contributed by atoms with Crippen molar-refractivity contribution in [3.8, 4) is 6.07 Å². The van der Waals surface area contributed by atoms with Crippen LogP contribution in [0.1, 0.15) is 37.2 Å². The first-order chi connectivity index (χ1) is 8.22. The van der Waals surface area contributed by atoms with E-state index in [1.165, 1.54) is 0 Å². The lowest BCUT2D eigenvalue weighted by Crippen LogP contribution is -2.19. The molecule has 17 heavy (non-hydrogen) atoms. The molecule has 3 heteroatoms. The number of carbonyl (C=O) groups excluding carboxylic acids is 1. The molecule has 1 atom stereocenters. The lowest BCUT2D eigenvalue weighted by Gasteiger charge is -2.13. The van der Waals surface area contributed by atoms with E-state index in [9.17, 15) is 10.1 Å². The minimum absolute atomic E-state index is 0.0960. The molecule has 1 fully saturated rings. The first kappa shape index (κ1) is 12.3. The van der Waals surface area contributed by atoms with E-state index in [1.54, 1.807) is 0 Å². The zero-order valence-electron chi connectivity index (χ0n) is 9.53. The Balaban J connectivity index is 2.21. The number of rotatable bonds is 3. The summed E-state index contributed by atoms with van der Waals surface area (Å²) in [6, 6.07) is 9.63. The summed E-state index contributed by atoms with van der Waals surface area (Å²) >= 11 is 3.37. The Morgan fingerprint density at radius 1 is 1.41 bits per heavy atom. The van der Waals surface area contributed by atoms with Crippen LogP contribution >= 0.6 is 15.9 Å². The second kappa shape index (κ2) is 5.46. The minimum atomic E-state index is -0.601. The highest BCUT2D eigenvalue weighted by Crippen LogP contribution is 2.31. The molecule has 0 heterocycles. The van der Waals surface area contributed by atoms with Gasteiger partial charge >= 0.3 is 0 Å². The Hall–Kier alpha value is -1.14. The number of halogens is 1. The Kier molecular flexibility index (Phi) is 3.96. The van der Waals surface area contributed by atoms with Gasteiger partial charge in [0.15, 0.2) is 5.78 Å². The molecular formula is C14H14BrNO. The summed E-state index contributed by atoms with van der Waals surface area (Å²) in [6.07, 6.45) is 4.14. The van der Waals surface area contributed by atoms with Crippen molar-refractivity contribution in [2.24, 2.45) is 5.92 Å². The number of ketones is 1. The van der Waals surface area contributed by atoms with E-state index in [-0.39, 0.29) is 11.7 Å². The summed E-state index contributed by atoms with van der Waals surface area (Å²) in [7, 11) is 0. The number of benzene rings is 1. The van der Waals surface area contributed by atoms with E-state index in [0.29, 0.717) is 0 Å². The molecule has 0 amide bonds. The SMILES string of the molecule is N#CC(C(=O)C1CCCC1)c1cccc(Br)c1. The molecule has 0 N–H and O–H groups in total. The molecule has 1 aliphatic carbocycles. The van der Waals surface area contributed by atoms with Gasteiger partial charge in [0.2, 0.25) is 0 Å². The number of carbonyl (C=O) groups is 1. The second-order valence-electron chi connectivity index (χ2n) is 4.50. The third-order valence-corrected chi connectivity index (χ3v) is 3.85. The molecule has 1 saturated carbocycles. The molecule has 2 rings (SSSR count). The van der Waals surface area contributed by atoms with Gasteiger partial charge in [-0.25, -0.2) is 0 Å². The molecule has 1 unspecified atom stereocenters. The highest BCUT2D eigenvalue weighted by Gasteiger charge is 2.30. The van der Waals surface area contributed by atoms with Crippen LogP contribution in [0.2, 0.25) is 0 Å². The van der Waals surface area contributed by atoms with Crippen LogP contribution in [0.4, 0.5) is 0 Å². The largest absolute Gasteiger partial charge is 0.298 e. The molecule has 0 spiro atoms. The lowest BCUT2D eigenvalue weighted by atomic mass is 9.87.